The Hall–Kier alpha value is -0.0800. The highest BCUT2D eigenvalue weighted by Crippen LogP contribution is 2.46. The van der Waals surface area contributed by atoms with Gasteiger partial charge >= 0.3 is 0 Å². The molecule has 0 amide bonds. The molecule has 2 nitrogen and oxygen atoms in total. The maximum Gasteiger partial charge on any atom is 0.0556 e. The molecule has 14 heavy (non-hydrogen) atoms. The van der Waals surface area contributed by atoms with Crippen LogP contribution in [0.5, 0.6) is 0 Å². The Balaban J connectivity index is 2.11. The van der Waals surface area contributed by atoms with Gasteiger partial charge in [0.2, 0.25) is 0 Å². The van der Waals surface area contributed by atoms with Crippen molar-refractivity contribution in [1.29, 1.82) is 0 Å². The van der Waals surface area contributed by atoms with E-state index in [0.717, 1.165) is 5.92 Å². The zero-order valence-corrected chi connectivity index (χ0v) is 9.68. The highest BCUT2D eigenvalue weighted by molar-refractivity contribution is 4.94. The minimum Gasteiger partial charge on any atom is -0.376 e. The van der Waals surface area contributed by atoms with E-state index in [1.807, 2.05) is 0 Å². The number of hydrogen-bond acceptors (Lipinski definition) is 2. The second-order valence-corrected chi connectivity index (χ2v) is 5.38. The van der Waals surface area contributed by atoms with Crippen LogP contribution in [0, 0.1) is 11.3 Å². The molecular formula is C12H23NO. The zero-order valence-electron chi connectivity index (χ0n) is 9.68. The van der Waals surface area contributed by atoms with Crippen LogP contribution in [0.4, 0.5) is 0 Å². The third-order valence-corrected chi connectivity index (χ3v) is 4.15. The lowest BCUT2D eigenvalue weighted by Crippen LogP contribution is -2.50. The van der Waals surface area contributed by atoms with Gasteiger partial charge in [-0.25, -0.2) is 0 Å². The highest BCUT2D eigenvalue weighted by atomic mass is 16.5. The lowest BCUT2D eigenvalue weighted by molar-refractivity contribution is -0.112. The first kappa shape index (κ1) is 10.4. The second-order valence-electron chi connectivity index (χ2n) is 5.38. The average Bonchev–Trinajstić information content (AvgIpc) is 2.08. The molecule has 0 saturated carbocycles. The lowest BCUT2D eigenvalue weighted by atomic mass is 9.64. The Morgan fingerprint density at radius 3 is 2.36 bits per heavy atom. The molecule has 0 aliphatic carbocycles. The number of piperidine rings is 1. The zero-order chi connectivity index (χ0) is 10.2. The van der Waals surface area contributed by atoms with Gasteiger partial charge < -0.3 is 10.1 Å². The molecule has 2 aliphatic rings. The van der Waals surface area contributed by atoms with Gasteiger partial charge in [0.05, 0.1) is 12.2 Å². The van der Waals surface area contributed by atoms with Crippen molar-refractivity contribution in [2.45, 2.75) is 52.2 Å². The molecule has 0 bridgehead atoms. The topological polar surface area (TPSA) is 21.3 Å². The third kappa shape index (κ3) is 1.82. The molecular weight excluding hydrogens is 174 g/mol. The van der Waals surface area contributed by atoms with Gasteiger partial charge in [-0.1, -0.05) is 6.92 Å². The fourth-order valence-corrected chi connectivity index (χ4v) is 3.45. The molecule has 0 radical (unpaired) electrons. The normalized spacial score (nSPS) is 49.5. The largest absolute Gasteiger partial charge is 0.376 e. The van der Waals surface area contributed by atoms with E-state index in [1.165, 1.54) is 32.4 Å². The molecule has 3 unspecified atom stereocenters. The first-order valence-corrected chi connectivity index (χ1v) is 5.98. The van der Waals surface area contributed by atoms with Crippen molar-refractivity contribution in [3.8, 4) is 0 Å². The summed E-state index contributed by atoms with van der Waals surface area (Å²) in [6.07, 6.45) is 4.78. The molecule has 0 aromatic carbocycles. The first-order chi connectivity index (χ1) is 6.62. The van der Waals surface area contributed by atoms with Gasteiger partial charge in [0.15, 0.2) is 0 Å². The fraction of sp³-hybridized carbons (Fsp3) is 1.00. The van der Waals surface area contributed by atoms with Crippen molar-refractivity contribution in [2.75, 3.05) is 13.1 Å². The minimum atomic E-state index is 0.458. The summed E-state index contributed by atoms with van der Waals surface area (Å²) in [5, 5.41) is 3.49. The van der Waals surface area contributed by atoms with Gasteiger partial charge in [-0.15, -0.1) is 0 Å². The summed E-state index contributed by atoms with van der Waals surface area (Å²) in [5.41, 5.74) is 0.572. The van der Waals surface area contributed by atoms with E-state index < -0.39 is 0 Å². The van der Waals surface area contributed by atoms with Gasteiger partial charge in [-0.2, -0.15) is 0 Å². The van der Waals surface area contributed by atoms with Crippen LogP contribution in [0.2, 0.25) is 0 Å². The molecule has 82 valence electrons. The molecule has 0 aromatic heterocycles. The number of ether oxygens (including phenoxy) is 1. The van der Waals surface area contributed by atoms with Crippen molar-refractivity contribution in [3.63, 3.8) is 0 Å². The first-order valence-electron chi connectivity index (χ1n) is 5.98. The molecule has 1 spiro atoms. The number of nitrogens with one attached hydrogen (secondary N) is 1. The molecule has 2 heterocycles. The maximum absolute atomic E-state index is 5.84. The summed E-state index contributed by atoms with van der Waals surface area (Å²) in [7, 11) is 0. The monoisotopic (exact) mass is 197 g/mol. The van der Waals surface area contributed by atoms with Gasteiger partial charge in [0, 0.05) is 0 Å². The second kappa shape index (κ2) is 3.82. The summed E-state index contributed by atoms with van der Waals surface area (Å²) in [5.74, 6) is 0.810. The van der Waals surface area contributed by atoms with Crippen molar-refractivity contribution in [2.24, 2.45) is 11.3 Å². The van der Waals surface area contributed by atoms with Crippen molar-refractivity contribution in [3.05, 3.63) is 0 Å². The Kier molecular flexibility index (Phi) is 2.85. The Bertz CT molecular complexity index is 194. The summed E-state index contributed by atoms with van der Waals surface area (Å²) in [4.78, 5) is 0. The molecule has 2 fully saturated rings. The quantitative estimate of drug-likeness (QED) is 0.643. The highest BCUT2D eigenvalue weighted by Gasteiger charge is 2.43. The van der Waals surface area contributed by atoms with E-state index in [9.17, 15) is 0 Å². The van der Waals surface area contributed by atoms with Crippen LogP contribution in [-0.4, -0.2) is 25.3 Å². The van der Waals surface area contributed by atoms with E-state index in [0.29, 0.717) is 17.6 Å². The number of hydrogen-bond donors (Lipinski definition) is 1. The lowest BCUT2D eigenvalue weighted by Gasteiger charge is -2.49. The molecule has 2 aliphatic heterocycles. The summed E-state index contributed by atoms with van der Waals surface area (Å²) in [6, 6.07) is 0. The van der Waals surface area contributed by atoms with Crippen molar-refractivity contribution in [1.82, 2.24) is 5.32 Å². The van der Waals surface area contributed by atoms with Crippen LogP contribution in [0.3, 0.4) is 0 Å². The molecule has 1 N–H and O–H groups in total. The van der Waals surface area contributed by atoms with E-state index in [1.54, 1.807) is 0 Å². The van der Waals surface area contributed by atoms with Crippen molar-refractivity contribution < 1.29 is 4.74 Å². The van der Waals surface area contributed by atoms with Gasteiger partial charge in [0.25, 0.3) is 0 Å². The Labute approximate surface area is 87.4 Å². The van der Waals surface area contributed by atoms with Crippen LogP contribution in [0.15, 0.2) is 0 Å². The molecule has 2 heteroatoms. The van der Waals surface area contributed by atoms with Crippen LogP contribution in [0.25, 0.3) is 0 Å². The standard InChI is InChI=1S/C12H23NO/c1-9-8-13-5-4-12(9)6-10(2)14-11(3)7-12/h9-11,13H,4-8H2,1-3H3. The van der Waals surface area contributed by atoms with E-state index in [2.05, 4.69) is 26.1 Å². The maximum atomic E-state index is 5.84. The summed E-state index contributed by atoms with van der Waals surface area (Å²) < 4.78 is 5.84. The average molecular weight is 197 g/mol. The van der Waals surface area contributed by atoms with Gasteiger partial charge in [-0.3, -0.25) is 0 Å². The predicted molar refractivity (Wildman–Crippen MR) is 58.3 cm³/mol. The van der Waals surface area contributed by atoms with Crippen LogP contribution >= 0.6 is 0 Å². The van der Waals surface area contributed by atoms with Gasteiger partial charge in [0.1, 0.15) is 0 Å². The predicted octanol–water partition coefficient (Wildman–Crippen LogP) is 2.19. The minimum absolute atomic E-state index is 0.458. The van der Waals surface area contributed by atoms with Crippen LogP contribution in [-0.2, 0) is 4.74 Å². The SMILES string of the molecule is CC1CC2(CCNCC2C)CC(C)O1. The third-order valence-electron chi connectivity index (χ3n) is 4.15. The van der Waals surface area contributed by atoms with E-state index in [-0.39, 0.29) is 0 Å². The van der Waals surface area contributed by atoms with Crippen LogP contribution in [0.1, 0.15) is 40.0 Å². The molecule has 2 rings (SSSR count). The number of rotatable bonds is 0. The Morgan fingerprint density at radius 1 is 1.14 bits per heavy atom. The van der Waals surface area contributed by atoms with E-state index >= 15 is 0 Å². The summed E-state index contributed by atoms with van der Waals surface area (Å²) >= 11 is 0. The summed E-state index contributed by atoms with van der Waals surface area (Å²) in [6.45, 7) is 9.25. The van der Waals surface area contributed by atoms with Gasteiger partial charge in [-0.05, 0) is 57.5 Å². The molecule has 3 atom stereocenters. The van der Waals surface area contributed by atoms with Crippen LogP contribution < -0.4 is 5.32 Å². The molecule has 0 aromatic rings. The fourth-order valence-electron chi connectivity index (χ4n) is 3.45. The molecule has 2 saturated heterocycles. The van der Waals surface area contributed by atoms with Crippen molar-refractivity contribution >= 4 is 0 Å². The smallest absolute Gasteiger partial charge is 0.0556 e. The Morgan fingerprint density at radius 2 is 1.79 bits per heavy atom. The van der Waals surface area contributed by atoms with E-state index in [4.69, 9.17) is 4.74 Å².